The van der Waals surface area contributed by atoms with Gasteiger partial charge in [-0.05, 0) is 36.8 Å². The molecular weight excluding hydrogens is 326 g/mol. The third kappa shape index (κ3) is 4.20. The molecule has 0 amide bonds. The molecular formula is C18H16F2N4O. The number of anilines is 1. The largest absolute Gasteiger partial charge is 0.488 e. The second-order valence-electron chi connectivity index (χ2n) is 5.43. The van der Waals surface area contributed by atoms with Crippen molar-refractivity contribution in [2.45, 2.75) is 13.5 Å². The predicted octanol–water partition coefficient (Wildman–Crippen LogP) is 3.51. The summed E-state index contributed by atoms with van der Waals surface area (Å²) in [6, 6.07) is 10.1. The maximum atomic E-state index is 13.5. The number of halogens is 2. The minimum Gasteiger partial charge on any atom is -0.488 e. The lowest BCUT2D eigenvalue weighted by Crippen LogP contribution is -2.01. The van der Waals surface area contributed by atoms with Crippen LogP contribution in [0.4, 0.5) is 14.7 Å². The van der Waals surface area contributed by atoms with E-state index < -0.39 is 5.82 Å². The normalized spacial score (nSPS) is 11.2. The quantitative estimate of drug-likeness (QED) is 0.722. The summed E-state index contributed by atoms with van der Waals surface area (Å²) in [5.74, 6) is -0.251. The van der Waals surface area contributed by atoms with Gasteiger partial charge in [0.25, 0.3) is 0 Å². The predicted molar refractivity (Wildman–Crippen MR) is 91.5 cm³/mol. The van der Waals surface area contributed by atoms with Gasteiger partial charge in [-0.1, -0.05) is 12.1 Å². The third-order valence-electron chi connectivity index (χ3n) is 3.41. The first-order valence-corrected chi connectivity index (χ1v) is 7.54. The average molecular weight is 342 g/mol. The molecule has 7 heteroatoms. The number of hydrogen-bond acceptors (Lipinski definition) is 4. The molecule has 0 spiro atoms. The van der Waals surface area contributed by atoms with Crippen LogP contribution in [0.25, 0.3) is 0 Å². The van der Waals surface area contributed by atoms with Gasteiger partial charge in [0.1, 0.15) is 24.0 Å². The summed E-state index contributed by atoms with van der Waals surface area (Å²) in [5, 5.41) is 4.20. The standard InChI is InChI=1S/C18H16F2N4O/c1-12-10-24(18(21)23-12)22-9-14-5-6-16(20)8-17(14)25-11-13-3-2-4-15(19)7-13/h2-10H,11H2,1H3,(H2,21,23). The number of nitrogen functional groups attached to an aromatic ring is 1. The Hall–Kier alpha value is -3.22. The van der Waals surface area contributed by atoms with Crippen LogP contribution < -0.4 is 10.5 Å². The molecule has 3 rings (SSSR count). The zero-order chi connectivity index (χ0) is 17.8. The molecule has 0 aliphatic carbocycles. The summed E-state index contributed by atoms with van der Waals surface area (Å²) in [7, 11) is 0. The second-order valence-corrected chi connectivity index (χ2v) is 5.43. The minimum atomic E-state index is -0.440. The van der Waals surface area contributed by atoms with Crippen LogP contribution in [0.1, 0.15) is 16.8 Å². The summed E-state index contributed by atoms with van der Waals surface area (Å²) >= 11 is 0. The van der Waals surface area contributed by atoms with E-state index in [9.17, 15) is 8.78 Å². The number of hydrogen-bond donors (Lipinski definition) is 1. The molecule has 5 nitrogen and oxygen atoms in total. The molecule has 0 unspecified atom stereocenters. The fourth-order valence-corrected chi connectivity index (χ4v) is 2.25. The molecule has 25 heavy (non-hydrogen) atoms. The number of aryl methyl sites for hydroxylation is 1. The van der Waals surface area contributed by atoms with Crippen molar-refractivity contribution in [3.05, 3.63) is 77.1 Å². The molecule has 0 fully saturated rings. The summed E-state index contributed by atoms with van der Waals surface area (Å²) in [6.07, 6.45) is 3.17. The first-order chi connectivity index (χ1) is 12.0. The Labute approximate surface area is 143 Å². The Balaban J connectivity index is 1.81. The monoisotopic (exact) mass is 342 g/mol. The number of nitrogens with two attached hydrogens (primary N) is 1. The Kier molecular flexibility index (Phi) is 4.74. The number of rotatable bonds is 5. The Morgan fingerprint density at radius 2 is 2.00 bits per heavy atom. The molecule has 0 saturated heterocycles. The van der Waals surface area contributed by atoms with E-state index in [1.807, 2.05) is 0 Å². The molecule has 1 heterocycles. The van der Waals surface area contributed by atoms with Gasteiger partial charge >= 0.3 is 0 Å². The highest BCUT2D eigenvalue weighted by molar-refractivity contribution is 5.83. The number of imidazole rings is 1. The fraction of sp³-hybridized carbons (Fsp3) is 0.111. The van der Waals surface area contributed by atoms with Gasteiger partial charge in [-0.2, -0.15) is 5.10 Å². The summed E-state index contributed by atoms with van der Waals surface area (Å²) in [6.45, 7) is 1.90. The maximum absolute atomic E-state index is 13.5. The van der Waals surface area contributed by atoms with Crippen molar-refractivity contribution in [2.75, 3.05) is 5.73 Å². The smallest absolute Gasteiger partial charge is 0.221 e. The lowest BCUT2D eigenvalue weighted by Gasteiger charge is -2.09. The van der Waals surface area contributed by atoms with Crippen LogP contribution in [0.5, 0.6) is 5.75 Å². The van der Waals surface area contributed by atoms with Gasteiger partial charge in [-0.25, -0.2) is 18.4 Å². The van der Waals surface area contributed by atoms with E-state index in [2.05, 4.69) is 10.1 Å². The van der Waals surface area contributed by atoms with Crippen LogP contribution in [0.15, 0.2) is 53.8 Å². The van der Waals surface area contributed by atoms with Crippen LogP contribution in [0.3, 0.4) is 0 Å². The lowest BCUT2D eigenvalue weighted by molar-refractivity contribution is 0.303. The molecule has 0 saturated carbocycles. The van der Waals surface area contributed by atoms with E-state index in [4.69, 9.17) is 10.5 Å². The van der Waals surface area contributed by atoms with Crippen LogP contribution >= 0.6 is 0 Å². The number of aromatic nitrogens is 2. The van der Waals surface area contributed by atoms with Crippen molar-refractivity contribution >= 4 is 12.2 Å². The Morgan fingerprint density at radius 3 is 2.72 bits per heavy atom. The van der Waals surface area contributed by atoms with Crippen LogP contribution in [-0.4, -0.2) is 15.9 Å². The van der Waals surface area contributed by atoms with Crippen molar-refractivity contribution in [3.8, 4) is 5.75 Å². The zero-order valence-corrected chi connectivity index (χ0v) is 13.5. The SMILES string of the molecule is Cc1cn(N=Cc2ccc(F)cc2OCc2cccc(F)c2)c(N)n1. The molecule has 1 aromatic heterocycles. The van der Waals surface area contributed by atoms with Crippen molar-refractivity contribution in [2.24, 2.45) is 5.10 Å². The van der Waals surface area contributed by atoms with Gasteiger partial charge in [-0.15, -0.1) is 0 Å². The molecule has 0 atom stereocenters. The highest BCUT2D eigenvalue weighted by Crippen LogP contribution is 2.20. The molecule has 0 bridgehead atoms. The second kappa shape index (κ2) is 7.12. The molecule has 2 aromatic carbocycles. The van der Waals surface area contributed by atoms with Gasteiger partial charge in [0.15, 0.2) is 0 Å². The van der Waals surface area contributed by atoms with Crippen LogP contribution in [-0.2, 0) is 6.61 Å². The van der Waals surface area contributed by atoms with Gasteiger partial charge in [0.2, 0.25) is 5.95 Å². The molecule has 2 N–H and O–H groups in total. The molecule has 0 radical (unpaired) electrons. The first-order valence-electron chi connectivity index (χ1n) is 7.54. The number of nitrogens with zero attached hydrogens (tertiary/aromatic N) is 3. The van der Waals surface area contributed by atoms with Gasteiger partial charge in [-0.3, -0.25) is 0 Å². The average Bonchev–Trinajstić information content (AvgIpc) is 2.89. The fourth-order valence-electron chi connectivity index (χ4n) is 2.25. The zero-order valence-electron chi connectivity index (χ0n) is 13.5. The molecule has 128 valence electrons. The number of benzene rings is 2. The Morgan fingerprint density at radius 1 is 1.20 bits per heavy atom. The van der Waals surface area contributed by atoms with Crippen molar-refractivity contribution in [3.63, 3.8) is 0 Å². The van der Waals surface area contributed by atoms with Crippen molar-refractivity contribution in [1.29, 1.82) is 0 Å². The van der Waals surface area contributed by atoms with E-state index in [0.717, 1.165) is 5.69 Å². The highest BCUT2D eigenvalue weighted by Gasteiger charge is 2.06. The molecule has 0 aliphatic rings. The molecule has 0 aliphatic heterocycles. The topological polar surface area (TPSA) is 65.4 Å². The number of ether oxygens (including phenoxy) is 1. The highest BCUT2D eigenvalue weighted by atomic mass is 19.1. The summed E-state index contributed by atoms with van der Waals surface area (Å²) < 4.78 is 33.8. The van der Waals surface area contributed by atoms with Crippen molar-refractivity contribution < 1.29 is 13.5 Å². The summed E-state index contributed by atoms with van der Waals surface area (Å²) in [5.41, 5.74) is 7.66. The van der Waals surface area contributed by atoms with E-state index >= 15 is 0 Å². The van der Waals surface area contributed by atoms with Crippen molar-refractivity contribution in [1.82, 2.24) is 9.66 Å². The van der Waals surface area contributed by atoms with Gasteiger partial charge in [0, 0.05) is 11.6 Å². The minimum absolute atomic E-state index is 0.106. The van der Waals surface area contributed by atoms with Gasteiger partial charge in [0.05, 0.1) is 18.1 Å². The van der Waals surface area contributed by atoms with E-state index in [1.54, 1.807) is 31.3 Å². The van der Waals surface area contributed by atoms with E-state index in [1.165, 1.54) is 35.2 Å². The summed E-state index contributed by atoms with van der Waals surface area (Å²) in [4.78, 5) is 4.04. The first kappa shape index (κ1) is 16.6. The lowest BCUT2D eigenvalue weighted by atomic mass is 10.2. The van der Waals surface area contributed by atoms with E-state index in [-0.39, 0.29) is 18.4 Å². The van der Waals surface area contributed by atoms with Crippen LogP contribution in [0, 0.1) is 18.6 Å². The van der Waals surface area contributed by atoms with Crippen LogP contribution in [0.2, 0.25) is 0 Å². The third-order valence-corrected chi connectivity index (χ3v) is 3.41. The van der Waals surface area contributed by atoms with Gasteiger partial charge < -0.3 is 10.5 Å². The Bertz CT molecular complexity index is 921. The maximum Gasteiger partial charge on any atom is 0.221 e. The molecule has 3 aromatic rings. The van der Waals surface area contributed by atoms with E-state index in [0.29, 0.717) is 16.9 Å².